The van der Waals surface area contributed by atoms with Crippen LogP contribution in [0.5, 0.6) is 0 Å². The van der Waals surface area contributed by atoms with Crippen LogP contribution in [0, 0.1) is 12.7 Å². The van der Waals surface area contributed by atoms with Crippen molar-refractivity contribution in [1.82, 2.24) is 0 Å². The quantitative estimate of drug-likeness (QED) is 0.834. The van der Waals surface area contributed by atoms with Gasteiger partial charge < -0.3 is 5.32 Å². The molecule has 1 amide bonds. The number of carbonyl (C=O) groups is 1. The van der Waals surface area contributed by atoms with Crippen molar-refractivity contribution in [2.24, 2.45) is 0 Å². The second kappa shape index (κ2) is 5.72. The van der Waals surface area contributed by atoms with Crippen LogP contribution in [-0.4, -0.2) is 5.91 Å². The van der Waals surface area contributed by atoms with Gasteiger partial charge in [-0.2, -0.15) is 0 Å². The molecular formula is C14H10BrClFNO. The summed E-state index contributed by atoms with van der Waals surface area (Å²) in [6, 6.07) is 9.18. The number of benzene rings is 2. The molecule has 0 fully saturated rings. The molecule has 98 valence electrons. The molecule has 0 saturated heterocycles. The lowest BCUT2D eigenvalue weighted by Crippen LogP contribution is -2.14. The van der Waals surface area contributed by atoms with Crippen molar-refractivity contribution in [2.45, 2.75) is 6.92 Å². The van der Waals surface area contributed by atoms with E-state index in [0.717, 1.165) is 0 Å². The lowest BCUT2D eigenvalue weighted by Gasteiger charge is -2.10. The molecule has 0 aliphatic heterocycles. The van der Waals surface area contributed by atoms with Crippen LogP contribution in [0.4, 0.5) is 10.1 Å². The summed E-state index contributed by atoms with van der Waals surface area (Å²) in [6.07, 6.45) is 0. The Bertz CT molecular complexity index is 645. The third-order valence-electron chi connectivity index (χ3n) is 2.69. The molecule has 0 aliphatic rings. The van der Waals surface area contributed by atoms with Crippen LogP contribution in [0.2, 0.25) is 5.02 Å². The van der Waals surface area contributed by atoms with Crippen molar-refractivity contribution in [2.75, 3.05) is 5.32 Å². The monoisotopic (exact) mass is 341 g/mol. The van der Waals surface area contributed by atoms with E-state index in [1.54, 1.807) is 25.1 Å². The number of nitrogens with one attached hydrogen (secondary N) is 1. The van der Waals surface area contributed by atoms with E-state index in [9.17, 15) is 9.18 Å². The number of amides is 1. The van der Waals surface area contributed by atoms with Crippen LogP contribution < -0.4 is 5.32 Å². The first-order chi connectivity index (χ1) is 8.99. The van der Waals surface area contributed by atoms with Crippen molar-refractivity contribution in [3.05, 3.63) is 62.8 Å². The molecule has 2 rings (SSSR count). The number of carbonyl (C=O) groups excluding carboxylic acids is 1. The molecule has 1 N–H and O–H groups in total. The zero-order valence-corrected chi connectivity index (χ0v) is 12.3. The van der Waals surface area contributed by atoms with Crippen molar-refractivity contribution in [3.8, 4) is 0 Å². The van der Waals surface area contributed by atoms with Crippen molar-refractivity contribution in [3.63, 3.8) is 0 Å². The van der Waals surface area contributed by atoms with Crippen LogP contribution >= 0.6 is 27.5 Å². The second-order valence-corrected chi connectivity index (χ2v) is 5.25. The molecule has 0 bridgehead atoms. The van der Waals surface area contributed by atoms with Gasteiger partial charge in [0.25, 0.3) is 5.91 Å². The smallest absolute Gasteiger partial charge is 0.256 e. The maximum atomic E-state index is 13.2. The highest BCUT2D eigenvalue weighted by atomic mass is 79.9. The topological polar surface area (TPSA) is 29.1 Å². The third-order valence-corrected chi connectivity index (χ3v) is 3.79. The third kappa shape index (κ3) is 3.14. The van der Waals surface area contributed by atoms with Gasteiger partial charge in [-0.1, -0.05) is 17.7 Å². The Balaban J connectivity index is 2.31. The molecule has 0 saturated carbocycles. The number of halogens is 3. The van der Waals surface area contributed by atoms with E-state index in [1.165, 1.54) is 18.2 Å². The Hall–Kier alpha value is -1.39. The van der Waals surface area contributed by atoms with Gasteiger partial charge >= 0.3 is 0 Å². The molecule has 2 aromatic carbocycles. The van der Waals surface area contributed by atoms with Gasteiger partial charge in [0, 0.05) is 15.1 Å². The molecule has 5 heteroatoms. The Morgan fingerprint density at radius 1 is 1.32 bits per heavy atom. The lowest BCUT2D eigenvalue weighted by molar-refractivity contribution is 0.102. The summed E-state index contributed by atoms with van der Waals surface area (Å²) < 4.78 is 13.8. The van der Waals surface area contributed by atoms with Crippen LogP contribution in [0.15, 0.2) is 40.9 Å². The standard InChI is InChI=1S/C14H10BrClFNO/c1-8-10(3-2-4-12(8)16)14(19)18-13-7-9(17)5-6-11(13)15/h2-7H,1H3,(H,18,19). The molecule has 19 heavy (non-hydrogen) atoms. The maximum Gasteiger partial charge on any atom is 0.256 e. The van der Waals surface area contributed by atoms with E-state index in [2.05, 4.69) is 21.2 Å². The normalized spacial score (nSPS) is 10.3. The van der Waals surface area contributed by atoms with Crippen LogP contribution in [0.1, 0.15) is 15.9 Å². The van der Waals surface area contributed by atoms with E-state index < -0.39 is 5.82 Å². The highest BCUT2D eigenvalue weighted by Crippen LogP contribution is 2.25. The number of anilines is 1. The van der Waals surface area contributed by atoms with E-state index in [1.807, 2.05) is 0 Å². The fraction of sp³-hybridized carbons (Fsp3) is 0.0714. The highest BCUT2D eigenvalue weighted by molar-refractivity contribution is 9.10. The van der Waals surface area contributed by atoms with Gasteiger partial charge in [-0.25, -0.2) is 4.39 Å². The summed E-state index contributed by atoms with van der Waals surface area (Å²) in [4.78, 5) is 12.1. The SMILES string of the molecule is Cc1c(Cl)cccc1C(=O)Nc1cc(F)ccc1Br. The predicted molar refractivity (Wildman–Crippen MR) is 78.2 cm³/mol. The molecule has 0 unspecified atom stereocenters. The molecule has 2 aromatic rings. The molecule has 0 heterocycles. The Morgan fingerprint density at radius 2 is 2.05 bits per heavy atom. The van der Waals surface area contributed by atoms with E-state index >= 15 is 0 Å². The molecule has 0 radical (unpaired) electrons. The Morgan fingerprint density at radius 3 is 2.79 bits per heavy atom. The van der Waals surface area contributed by atoms with Crippen LogP contribution in [0.25, 0.3) is 0 Å². The van der Waals surface area contributed by atoms with E-state index in [-0.39, 0.29) is 5.91 Å². The number of hydrogen-bond donors (Lipinski definition) is 1. The first kappa shape index (κ1) is 14.0. The van der Waals surface area contributed by atoms with Crippen LogP contribution in [0.3, 0.4) is 0 Å². The van der Waals surface area contributed by atoms with Crippen molar-refractivity contribution < 1.29 is 9.18 Å². The van der Waals surface area contributed by atoms with Crippen molar-refractivity contribution >= 4 is 39.1 Å². The molecule has 0 aliphatic carbocycles. The van der Waals surface area contributed by atoms with Gasteiger partial charge in [0.1, 0.15) is 5.82 Å². The molecule has 2 nitrogen and oxygen atoms in total. The van der Waals surface area contributed by atoms with Gasteiger partial charge in [-0.05, 0) is 58.7 Å². The highest BCUT2D eigenvalue weighted by Gasteiger charge is 2.12. The minimum absolute atomic E-state index is 0.327. The van der Waals surface area contributed by atoms with Gasteiger partial charge in [0.05, 0.1) is 5.69 Å². The first-order valence-corrected chi connectivity index (χ1v) is 6.67. The summed E-state index contributed by atoms with van der Waals surface area (Å²) in [7, 11) is 0. The fourth-order valence-corrected chi connectivity index (χ4v) is 2.16. The molecule has 0 aromatic heterocycles. The summed E-state index contributed by atoms with van der Waals surface area (Å²) in [5, 5.41) is 3.17. The van der Waals surface area contributed by atoms with E-state index in [4.69, 9.17) is 11.6 Å². The minimum atomic E-state index is -0.415. The number of hydrogen-bond acceptors (Lipinski definition) is 1. The minimum Gasteiger partial charge on any atom is -0.321 e. The molecular weight excluding hydrogens is 333 g/mol. The summed E-state index contributed by atoms with van der Waals surface area (Å²) >= 11 is 9.23. The Labute approximate surface area is 123 Å². The van der Waals surface area contributed by atoms with Gasteiger partial charge in [0.2, 0.25) is 0 Å². The molecule has 0 spiro atoms. The zero-order chi connectivity index (χ0) is 14.0. The van der Waals surface area contributed by atoms with Crippen molar-refractivity contribution in [1.29, 1.82) is 0 Å². The van der Waals surface area contributed by atoms with Gasteiger partial charge in [0.15, 0.2) is 0 Å². The Kier molecular flexibility index (Phi) is 4.22. The predicted octanol–water partition coefficient (Wildman–Crippen LogP) is 4.80. The van der Waals surface area contributed by atoms with Gasteiger partial charge in [-0.3, -0.25) is 4.79 Å². The lowest BCUT2D eigenvalue weighted by atomic mass is 10.1. The summed E-state index contributed by atoms with van der Waals surface area (Å²) in [5.41, 5.74) is 1.53. The largest absolute Gasteiger partial charge is 0.321 e. The van der Waals surface area contributed by atoms with Crippen LogP contribution in [-0.2, 0) is 0 Å². The maximum absolute atomic E-state index is 13.2. The summed E-state index contributed by atoms with van der Waals surface area (Å²) in [6.45, 7) is 1.76. The average Bonchev–Trinajstić information content (AvgIpc) is 2.37. The fourth-order valence-electron chi connectivity index (χ4n) is 1.64. The first-order valence-electron chi connectivity index (χ1n) is 5.50. The summed E-state index contributed by atoms with van der Waals surface area (Å²) in [5.74, 6) is -0.743. The molecule has 0 atom stereocenters. The second-order valence-electron chi connectivity index (χ2n) is 3.99. The average molecular weight is 343 g/mol. The zero-order valence-electron chi connectivity index (χ0n) is 10.0. The van der Waals surface area contributed by atoms with E-state index in [0.29, 0.717) is 26.3 Å². The van der Waals surface area contributed by atoms with Gasteiger partial charge in [-0.15, -0.1) is 0 Å². The number of rotatable bonds is 2.